The van der Waals surface area contributed by atoms with Gasteiger partial charge in [0.05, 0.1) is 12.2 Å². The number of ether oxygens (including phenoxy) is 1. The molecule has 0 fully saturated rings. The predicted molar refractivity (Wildman–Crippen MR) is 95.3 cm³/mol. The quantitative estimate of drug-likeness (QED) is 0.785. The molecule has 0 saturated carbocycles. The molecule has 0 atom stereocenters. The van der Waals surface area contributed by atoms with Gasteiger partial charge in [0.25, 0.3) is 0 Å². The van der Waals surface area contributed by atoms with Crippen molar-refractivity contribution in [2.75, 3.05) is 20.2 Å². The Hall–Kier alpha value is -2.30. The molecule has 1 amide bonds. The number of hydrogen-bond donors (Lipinski definition) is 0. The molecule has 24 heavy (non-hydrogen) atoms. The number of carbonyl (C=O) groups excluding carboxylic acids is 1. The molecule has 130 valence electrons. The smallest absolute Gasteiger partial charge is 0.222 e. The van der Waals surface area contributed by atoms with E-state index in [0.29, 0.717) is 19.6 Å². The van der Waals surface area contributed by atoms with Crippen molar-refractivity contribution < 1.29 is 9.53 Å². The van der Waals surface area contributed by atoms with E-state index in [2.05, 4.69) is 5.10 Å². The SMILES string of the molecule is Cc1ccc(OCCN(C)C(=O)CCc2c(C)nn(C)c2C)cc1. The third-order valence-corrected chi connectivity index (χ3v) is 4.39. The minimum atomic E-state index is 0.130. The molecular weight excluding hydrogens is 302 g/mol. The maximum atomic E-state index is 12.3. The van der Waals surface area contributed by atoms with Crippen LogP contribution >= 0.6 is 0 Å². The normalized spacial score (nSPS) is 10.7. The van der Waals surface area contributed by atoms with Crippen LogP contribution in [0, 0.1) is 20.8 Å². The highest BCUT2D eigenvalue weighted by molar-refractivity contribution is 5.76. The first-order chi connectivity index (χ1) is 11.4. The number of rotatable bonds is 7. The van der Waals surface area contributed by atoms with E-state index in [0.717, 1.165) is 23.6 Å². The average Bonchev–Trinajstić information content (AvgIpc) is 2.79. The Morgan fingerprint density at radius 3 is 2.46 bits per heavy atom. The third kappa shape index (κ3) is 4.60. The molecule has 1 aromatic heterocycles. The van der Waals surface area contributed by atoms with E-state index in [9.17, 15) is 4.79 Å². The van der Waals surface area contributed by atoms with Gasteiger partial charge >= 0.3 is 0 Å². The number of nitrogens with zero attached hydrogens (tertiary/aromatic N) is 3. The summed E-state index contributed by atoms with van der Waals surface area (Å²) in [6.07, 6.45) is 1.22. The first-order valence-electron chi connectivity index (χ1n) is 8.31. The van der Waals surface area contributed by atoms with Crippen LogP contribution in [0.25, 0.3) is 0 Å². The van der Waals surface area contributed by atoms with Gasteiger partial charge in [0.2, 0.25) is 5.91 Å². The lowest BCUT2D eigenvalue weighted by Gasteiger charge is -2.17. The fraction of sp³-hybridized carbons (Fsp3) is 0.474. The van der Waals surface area contributed by atoms with Gasteiger partial charge in [-0.25, -0.2) is 0 Å². The maximum absolute atomic E-state index is 12.3. The van der Waals surface area contributed by atoms with Crippen LogP contribution in [-0.4, -0.2) is 40.8 Å². The molecule has 0 aliphatic heterocycles. The van der Waals surface area contributed by atoms with Crippen LogP contribution in [0.15, 0.2) is 24.3 Å². The first kappa shape index (κ1) is 18.0. The van der Waals surface area contributed by atoms with Crippen molar-refractivity contribution in [2.24, 2.45) is 7.05 Å². The number of benzene rings is 1. The molecule has 0 unspecified atom stereocenters. The van der Waals surface area contributed by atoms with Crippen molar-refractivity contribution in [3.63, 3.8) is 0 Å². The zero-order chi connectivity index (χ0) is 17.7. The topological polar surface area (TPSA) is 47.4 Å². The fourth-order valence-corrected chi connectivity index (χ4v) is 2.66. The molecule has 0 aliphatic carbocycles. The number of hydrogen-bond acceptors (Lipinski definition) is 3. The largest absolute Gasteiger partial charge is 0.492 e. The van der Waals surface area contributed by atoms with Gasteiger partial charge in [-0.3, -0.25) is 9.48 Å². The number of aromatic nitrogens is 2. The van der Waals surface area contributed by atoms with Crippen LogP contribution < -0.4 is 4.74 Å². The standard InChI is InChI=1S/C19H27N3O2/c1-14-6-8-17(9-7-14)24-13-12-21(4)19(23)11-10-18-15(2)20-22(5)16(18)3/h6-9H,10-13H2,1-5H3. The molecule has 5 heteroatoms. The van der Waals surface area contributed by atoms with E-state index < -0.39 is 0 Å². The highest BCUT2D eigenvalue weighted by atomic mass is 16.5. The summed E-state index contributed by atoms with van der Waals surface area (Å²) in [6.45, 7) is 7.15. The van der Waals surface area contributed by atoms with Crippen molar-refractivity contribution in [1.29, 1.82) is 0 Å². The molecule has 0 aliphatic rings. The minimum Gasteiger partial charge on any atom is -0.492 e. The summed E-state index contributed by atoms with van der Waals surface area (Å²) >= 11 is 0. The Morgan fingerprint density at radius 1 is 1.21 bits per heavy atom. The lowest BCUT2D eigenvalue weighted by Crippen LogP contribution is -2.31. The number of amides is 1. The number of aryl methyl sites for hydroxylation is 3. The summed E-state index contributed by atoms with van der Waals surface area (Å²) in [5, 5.41) is 4.39. The van der Waals surface area contributed by atoms with Crippen LogP contribution in [-0.2, 0) is 18.3 Å². The zero-order valence-electron chi connectivity index (χ0n) is 15.3. The second-order valence-electron chi connectivity index (χ2n) is 6.25. The number of likely N-dealkylation sites (N-methyl/N-ethyl adjacent to an activating group) is 1. The number of carbonyl (C=O) groups is 1. The Kier molecular flexibility index (Phi) is 6.01. The van der Waals surface area contributed by atoms with Gasteiger partial charge in [-0.15, -0.1) is 0 Å². The van der Waals surface area contributed by atoms with Gasteiger partial charge < -0.3 is 9.64 Å². The summed E-state index contributed by atoms with van der Waals surface area (Å²) in [6, 6.07) is 7.93. The van der Waals surface area contributed by atoms with Crippen LogP contribution in [0.3, 0.4) is 0 Å². The minimum absolute atomic E-state index is 0.130. The van der Waals surface area contributed by atoms with Crippen molar-refractivity contribution in [3.05, 3.63) is 46.8 Å². The van der Waals surface area contributed by atoms with Crippen LogP contribution in [0.5, 0.6) is 5.75 Å². The summed E-state index contributed by atoms with van der Waals surface area (Å²) in [5.74, 6) is 0.966. The Bertz CT molecular complexity index is 689. The molecule has 5 nitrogen and oxygen atoms in total. The second-order valence-corrected chi connectivity index (χ2v) is 6.25. The molecule has 1 heterocycles. The molecule has 0 spiro atoms. The fourth-order valence-electron chi connectivity index (χ4n) is 2.66. The lowest BCUT2D eigenvalue weighted by molar-refractivity contribution is -0.130. The van der Waals surface area contributed by atoms with Crippen LogP contribution in [0.1, 0.15) is 28.9 Å². The highest BCUT2D eigenvalue weighted by Crippen LogP contribution is 2.15. The first-order valence-corrected chi connectivity index (χ1v) is 8.31. The Morgan fingerprint density at radius 2 is 1.88 bits per heavy atom. The summed E-state index contributed by atoms with van der Waals surface area (Å²) in [4.78, 5) is 14.0. The van der Waals surface area contributed by atoms with Crippen molar-refractivity contribution >= 4 is 5.91 Å². The maximum Gasteiger partial charge on any atom is 0.222 e. The molecule has 0 radical (unpaired) electrons. The summed E-state index contributed by atoms with van der Waals surface area (Å²) in [7, 11) is 3.76. The van der Waals surface area contributed by atoms with Gasteiger partial charge in [0.15, 0.2) is 0 Å². The highest BCUT2D eigenvalue weighted by Gasteiger charge is 2.13. The van der Waals surface area contributed by atoms with E-state index in [1.54, 1.807) is 4.90 Å². The van der Waals surface area contributed by atoms with Gasteiger partial charge in [-0.1, -0.05) is 17.7 Å². The van der Waals surface area contributed by atoms with E-state index >= 15 is 0 Å². The van der Waals surface area contributed by atoms with E-state index in [-0.39, 0.29) is 5.91 Å². The third-order valence-electron chi connectivity index (χ3n) is 4.39. The van der Waals surface area contributed by atoms with E-state index in [1.807, 2.05) is 63.8 Å². The molecule has 0 N–H and O–H groups in total. The van der Waals surface area contributed by atoms with Crippen LogP contribution in [0.4, 0.5) is 0 Å². The average molecular weight is 329 g/mol. The van der Waals surface area contributed by atoms with Crippen LogP contribution in [0.2, 0.25) is 0 Å². The lowest BCUT2D eigenvalue weighted by atomic mass is 10.1. The zero-order valence-corrected chi connectivity index (χ0v) is 15.3. The van der Waals surface area contributed by atoms with Crippen molar-refractivity contribution in [3.8, 4) is 5.75 Å². The predicted octanol–water partition coefficient (Wildman–Crippen LogP) is 2.82. The van der Waals surface area contributed by atoms with Crippen molar-refractivity contribution in [2.45, 2.75) is 33.6 Å². The molecule has 0 bridgehead atoms. The van der Waals surface area contributed by atoms with Gasteiger partial charge in [-0.2, -0.15) is 5.10 Å². The molecular formula is C19H27N3O2. The summed E-state index contributed by atoms with van der Waals surface area (Å²) in [5.41, 5.74) is 4.52. The Balaban J connectivity index is 1.76. The van der Waals surface area contributed by atoms with Gasteiger partial charge in [-0.05, 0) is 44.9 Å². The Labute approximate surface area is 144 Å². The van der Waals surface area contributed by atoms with Gasteiger partial charge in [0, 0.05) is 26.2 Å². The second kappa shape index (κ2) is 7.99. The van der Waals surface area contributed by atoms with Gasteiger partial charge in [0.1, 0.15) is 12.4 Å². The van der Waals surface area contributed by atoms with E-state index in [4.69, 9.17) is 4.74 Å². The molecule has 2 rings (SSSR count). The monoisotopic (exact) mass is 329 g/mol. The van der Waals surface area contributed by atoms with Crippen molar-refractivity contribution in [1.82, 2.24) is 14.7 Å². The molecule has 2 aromatic rings. The summed E-state index contributed by atoms with van der Waals surface area (Å²) < 4.78 is 7.55. The van der Waals surface area contributed by atoms with E-state index in [1.165, 1.54) is 11.1 Å². The molecule has 1 aromatic carbocycles. The molecule has 0 saturated heterocycles.